The number of carbonyl (C=O) groups is 2. The van der Waals surface area contributed by atoms with Gasteiger partial charge in [-0.05, 0) is 13.8 Å². The highest BCUT2D eigenvalue weighted by Gasteiger charge is 2.34. The molecule has 0 fully saturated rings. The van der Waals surface area contributed by atoms with Gasteiger partial charge in [0.15, 0.2) is 0 Å². The number of hydrogen-bond donors (Lipinski definition) is 0. The summed E-state index contributed by atoms with van der Waals surface area (Å²) in [6.07, 6.45) is 0. The van der Waals surface area contributed by atoms with Crippen molar-refractivity contribution in [3.05, 3.63) is 0 Å². The maximum Gasteiger partial charge on any atom is 0.364 e. The van der Waals surface area contributed by atoms with Crippen molar-refractivity contribution in [1.82, 2.24) is 0 Å². The van der Waals surface area contributed by atoms with Crippen molar-refractivity contribution in [3.8, 4) is 0 Å². The van der Waals surface area contributed by atoms with Crippen LogP contribution in [0.1, 0.15) is 27.7 Å². The number of hydrogen-bond acceptors (Lipinski definition) is 3. The van der Waals surface area contributed by atoms with Gasteiger partial charge in [0.1, 0.15) is 13.1 Å². The molecule has 0 heterocycles. The van der Waals surface area contributed by atoms with Gasteiger partial charge in [-0.3, -0.25) is 4.84 Å². The molecule has 0 rings (SSSR count). The average molecular weight is 174 g/mol. The molecule has 0 unspecified atom stereocenters. The molecule has 12 heavy (non-hydrogen) atoms. The van der Waals surface area contributed by atoms with E-state index in [1.54, 1.807) is 0 Å². The zero-order valence-electron chi connectivity index (χ0n) is 8.09. The van der Waals surface area contributed by atoms with E-state index in [0.29, 0.717) is 13.1 Å². The molecule has 0 N–H and O–H groups in total. The first-order valence-electron chi connectivity index (χ1n) is 4.07. The van der Waals surface area contributed by atoms with E-state index in [9.17, 15) is 9.59 Å². The van der Waals surface area contributed by atoms with Crippen molar-refractivity contribution in [3.63, 3.8) is 0 Å². The molecule has 4 nitrogen and oxygen atoms in total. The summed E-state index contributed by atoms with van der Waals surface area (Å²) in [4.78, 5) is 26.8. The lowest BCUT2D eigenvalue weighted by Crippen LogP contribution is -2.52. The van der Waals surface area contributed by atoms with Crippen molar-refractivity contribution in [2.24, 2.45) is 0 Å². The van der Waals surface area contributed by atoms with Gasteiger partial charge in [-0.25, -0.2) is 9.59 Å². The van der Waals surface area contributed by atoms with Crippen LogP contribution in [0.4, 0.5) is 0 Å². The minimum Gasteiger partial charge on any atom is -0.269 e. The van der Waals surface area contributed by atoms with E-state index < -0.39 is 5.97 Å². The Morgan fingerprint density at radius 1 is 1.17 bits per heavy atom. The number of amides is 1. The van der Waals surface area contributed by atoms with Crippen molar-refractivity contribution in [1.29, 1.82) is 0 Å². The highest BCUT2D eigenvalue weighted by atomic mass is 16.8. The van der Waals surface area contributed by atoms with E-state index in [-0.39, 0.29) is 10.6 Å². The molecule has 0 spiro atoms. The van der Waals surface area contributed by atoms with Crippen LogP contribution in [0, 0.1) is 0 Å². The van der Waals surface area contributed by atoms with Crippen LogP contribution >= 0.6 is 0 Å². The van der Waals surface area contributed by atoms with Crippen LogP contribution in [0.3, 0.4) is 0 Å². The average Bonchev–Trinajstić information content (AvgIpc) is 1.99. The highest BCUT2D eigenvalue weighted by molar-refractivity contribution is 5.69. The lowest BCUT2D eigenvalue weighted by Gasteiger charge is -2.27. The topological polar surface area (TPSA) is 43.4 Å². The lowest BCUT2D eigenvalue weighted by atomic mass is 10.4. The van der Waals surface area contributed by atoms with E-state index in [4.69, 9.17) is 4.84 Å². The molecule has 0 aliphatic heterocycles. The molecule has 0 saturated heterocycles. The second-order valence-electron chi connectivity index (χ2n) is 2.62. The largest absolute Gasteiger partial charge is 0.364 e. The fraction of sp³-hybridized carbons (Fsp3) is 0.750. The first kappa shape index (κ1) is 11.1. The molecule has 0 aromatic heterocycles. The Hall–Kier alpha value is -0.900. The van der Waals surface area contributed by atoms with E-state index in [0.717, 1.165) is 0 Å². The van der Waals surface area contributed by atoms with Crippen molar-refractivity contribution in [2.45, 2.75) is 27.7 Å². The van der Waals surface area contributed by atoms with E-state index in [2.05, 4.69) is 0 Å². The summed E-state index contributed by atoms with van der Waals surface area (Å²) < 4.78 is -0.213. The van der Waals surface area contributed by atoms with Crippen LogP contribution in [0.25, 0.3) is 0 Å². The minimum atomic E-state index is -0.422. The monoisotopic (exact) mass is 174 g/mol. The van der Waals surface area contributed by atoms with Gasteiger partial charge in [-0.15, -0.1) is 0 Å². The number of rotatable bonds is 2. The first-order chi connectivity index (χ1) is 5.48. The summed E-state index contributed by atoms with van der Waals surface area (Å²) in [5, 5.41) is 0. The SMILES string of the molecule is CC[N+](CC)(OC(C)=O)C(C)=O. The standard InChI is InChI=1S/C8H16NO3/c1-5-9(6-2,7(3)10)12-8(4)11/h5-6H2,1-4H3/q+1. The normalized spacial score (nSPS) is 11.0. The zero-order valence-corrected chi connectivity index (χ0v) is 8.09. The number of carbonyl (C=O) groups excluding carboxylic acids is 2. The second kappa shape index (κ2) is 4.21. The number of hydroxylamine groups is 3. The summed E-state index contributed by atoms with van der Waals surface area (Å²) in [6.45, 7) is 7.32. The Bertz CT molecular complexity index is 185. The van der Waals surface area contributed by atoms with Gasteiger partial charge in [0.2, 0.25) is 0 Å². The summed E-state index contributed by atoms with van der Waals surface area (Å²) in [5.74, 6) is -0.566. The molecule has 0 bridgehead atoms. The van der Waals surface area contributed by atoms with Gasteiger partial charge in [0, 0.05) is 6.92 Å². The third-order valence-corrected chi connectivity index (χ3v) is 1.90. The molecule has 0 aliphatic rings. The zero-order chi connectivity index (χ0) is 9.78. The molecule has 4 heteroatoms. The number of quaternary nitrogens is 1. The summed E-state index contributed by atoms with van der Waals surface area (Å²) in [5.41, 5.74) is 0. The van der Waals surface area contributed by atoms with Crippen LogP contribution in [0.5, 0.6) is 0 Å². The van der Waals surface area contributed by atoms with Crippen LogP contribution in [-0.4, -0.2) is 29.6 Å². The first-order valence-corrected chi connectivity index (χ1v) is 4.07. The smallest absolute Gasteiger partial charge is 0.269 e. The molecule has 0 aromatic carbocycles. The maximum absolute atomic E-state index is 11.2. The second-order valence-corrected chi connectivity index (χ2v) is 2.62. The van der Waals surface area contributed by atoms with Gasteiger partial charge in [0.05, 0.1) is 6.92 Å². The molecular formula is C8H16NO3+. The van der Waals surface area contributed by atoms with Crippen LogP contribution < -0.4 is 0 Å². The molecule has 0 aromatic rings. The molecule has 0 aliphatic carbocycles. The van der Waals surface area contributed by atoms with Gasteiger partial charge in [-0.2, -0.15) is 0 Å². The highest BCUT2D eigenvalue weighted by Crippen LogP contribution is 2.08. The predicted octanol–water partition coefficient (Wildman–Crippen LogP) is 0.868. The molecule has 0 radical (unpaired) electrons. The van der Waals surface area contributed by atoms with Crippen molar-refractivity contribution in [2.75, 3.05) is 13.1 Å². The van der Waals surface area contributed by atoms with Crippen LogP contribution in [0.2, 0.25) is 0 Å². The fourth-order valence-electron chi connectivity index (χ4n) is 1.11. The Morgan fingerprint density at radius 3 is 1.67 bits per heavy atom. The maximum atomic E-state index is 11.2. The predicted molar refractivity (Wildman–Crippen MR) is 43.8 cm³/mol. The van der Waals surface area contributed by atoms with Crippen molar-refractivity contribution < 1.29 is 19.1 Å². The summed E-state index contributed by atoms with van der Waals surface area (Å²) >= 11 is 0. The third kappa shape index (κ3) is 2.30. The minimum absolute atomic E-state index is 0.143. The van der Waals surface area contributed by atoms with E-state index >= 15 is 0 Å². The van der Waals surface area contributed by atoms with Gasteiger partial charge < -0.3 is 0 Å². The molecule has 0 saturated carbocycles. The van der Waals surface area contributed by atoms with Crippen LogP contribution in [0.15, 0.2) is 0 Å². The van der Waals surface area contributed by atoms with Gasteiger partial charge >= 0.3 is 11.9 Å². The molecule has 1 amide bonds. The van der Waals surface area contributed by atoms with E-state index in [1.165, 1.54) is 13.8 Å². The Morgan fingerprint density at radius 2 is 1.58 bits per heavy atom. The van der Waals surface area contributed by atoms with E-state index in [1.807, 2.05) is 13.8 Å². The molecular weight excluding hydrogens is 158 g/mol. The quantitative estimate of drug-likeness (QED) is 0.461. The summed E-state index contributed by atoms with van der Waals surface area (Å²) in [7, 11) is 0. The Balaban J connectivity index is 4.58. The summed E-state index contributed by atoms with van der Waals surface area (Å²) in [6, 6.07) is 0. The fourth-order valence-corrected chi connectivity index (χ4v) is 1.11. The molecule has 0 atom stereocenters. The Labute approximate surface area is 72.7 Å². The Kier molecular flexibility index (Phi) is 3.89. The van der Waals surface area contributed by atoms with Crippen molar-refractivity contribution >= 4 is 11.9 Å². The van der Waals surface area contributed by atoms with Gasteiger partial charge in [-0.1, -0.05) is 4.65 Å². The van der Waals surface area contributed by atoms with Gasteiger partial charge in [0.25, 0.3) is 0 Å². The molecule has 70 valence electrons. The number of nitrogens with zero attached hydrogens (tertiary/aromatic N) is 1. The lowest BCUT2D eigenvalue weighted by molar-refractivity contribution is -1.02. The van der Waals surface area contributed by atoms with Crippen LogP contribution in [-0.2, 0) is 14.4 Å². The third-order valence-electron chi connectivity index (χ3n) is 1.90.